The van der Waals surface area contributed by atoms with Crippen LogP contribution in [0.1, 0.15) is 57.9 Å². The van der Waals surface area contributed by atoms with Crippen LogP contribution in [-0.4, -0.2) is 24.3 Å². The molecule has 174 valence electrons. The molecule has 33 heavy (non-hydrogen) atoms. The van der Waals surface area contributed by atoms with Crippen LogP contribution in [0.25, 0.3) is 28.1 Å². The first-order valence-electron chi connectivity index (χ1n) is 12.2. The lowest BCUT2D eigenvalue weighted by molar-refractivity contribution is 0.0566. The zero-order valence-corrected chi connectivity index (χ0v) is 20.1. The van der Waals surface area contributed by atoms with Gasteiger partial charge in [-0.2, -0.15) is 0 Å². The highest BCUT2D eigenvalue weighted by atomic mass is 16.5. The number of unbranched alkanes of at least 4 members (excludes halogenated alkanes) is 3. The number of fused-ring (bicyclic) bond motifs is 1. The van der Waals surface area contributed by atoms with Gasteiger partial charge in [0.05, 0.1) is 11.8 Å². The molecule has 3 aromatic rings. The monoisotopic (exact) mass is 443 g/mol. The predicted molar refractivity (Wildman–Crippen MR) is 141 cm³/mol. The van der Waals surface area contributed by atoms with Crippen molar-refractivity contribution >= 4 is 16.8 Å². The van der Waals surface area contributed by atoms with Gasteiger partial charge in [-0.1, -0.05) is 74.9 Å². The van der Waals surface area contributed by atoms with Gasteiger partial charge in [-0.05, 0) is 61.8 Å². The van der Waals surface area contributed by atoms with Gasteiger partial charge >= 0.3 is 0 Å². The Labute approximate surface area is 199 Å². The molecule has 0 bridgehead atoms. The fourth-order valence-electron chi connectivity index (χ4n) is 3.75. The summed E-state index contributed by atoms with van der Waals surface area (Å²) >= 11 is 0. The average molecular weight is 444 g/mol. The summed E-state index contributed by atoms with van der Waals surface area (Å²) < 4.78 is 11.5. The second kappa shape index (κ2) is 13.6. The number of benzene rings is 2. The van der Waals surface area contributed by atoms with Crippen LogP contribution in [0.5, 0.6) is 5.75 Å². The molecule has 0 aliphatic rings. The molecule has 1 heterocycles. The van der Waals surface area contributed by atoms with E-state index < -0.39 is 0 Å². The van der Waals surface area contributed by atoms with Gasteiger partial charge in [-0.25, -0.2) is 0 Å². The Morgan fingerprint density at radius 2 is 1.85 bits per heavy atom. The number of ether oxygens (including phenoxy) is 2. The van der Waals surface area contributed by atoms with Crippen molar-refractivity contribution in [3.63, 3.8) is 0 Å². The first-order valence-corrected chi connectivity index (χ1v) is 12.2. The standard InChI is InChI=1S/C30H37NO2/c1-4-6-10-20-32-24(3)11-8-7-9-12-25-13-15-26(16-14-25)30-22-27-17-18-29(33-19-5-2)21-28(27)23-31-30/h5,9,12-18,21-24H,2,4,6-8,10-11,19-20H2,1,3H3. The number of hydrogen-bond acceptors (Lipinski definition) is 3. The van der Waals surface area contributed by atoms with Crippen molar-refractivity contribution in [2.75, 3.05) is 13.2 Å². The molecule has 3 heteroatoms. The molecule has 1 unspecified atom stereocenters. The van der Waals surface area contributed by atoms with Gasteiger partial charge in [0.1, 0.15) is 12.4 Å². The highest BCUT2D eigenvalue weighted by molar-refractivity contribution is 5.86. The van der Waals surface area contributed by atoms with E-state index in [0.717, 1.165) is 53.6 Å². The summed E-state index contributed by atoms with van der Waals surface area (Å²) in [6.45, 7) is 9.50. The molecule has 3 rings (SSSR count). The lowest BCUT2D eigenvalue weighted by Gasteiger charge is -2.12. The first-order chi connectivity index (χ1) is 16.2. The van der Waals surface area contributed by atoms with Crippen molar-refractivity contribution in [2.45, 2.75) is 58.5 Å². The van der Waals surface area contributed by atoms with Crippen LogP contribution in [-0.2, 0) is 4.74 Å². The molecule has 0 N–H and O–H groups in total. The van der Waals surface area contributed by atoms with Crippen LogP contribution in [0.2, 0.25) is 0 Å². The van der Waals surface area contributed by atoms with E-state index in [2.05, 4.69) is 74.0 Å². The van der Waals surface area contributed by atoms with E-state index in [1.807, 2.05) is 18.3 Å². The molecule has 0 spiro atoms. The number of aromatic nitrogens is 1. The summed E-state index contributed by atoms with van der Waals surface area (Å²) in [6.07, 6.45) is 15.5. The average Bonchev–Trinajstić information content (AvgIpc) is 2.85. The fraction of sp³-hybridized carbons (Fsp3) is 0.367. The van der Waals surface area contributed by atoms with Crippen LogP contribution in [0.15, 0.2) is 73.5 Å². The van der Waals surface area contributed by atoms with Crippen LogP contribution in [0, 0.1) is 0 Å². The predicted octanol–water partition coefficient (Wildman–Crippen LogP) is 8.25. The largest absolute Gasteiger partial charge is 0.490 e. The molecule has 0 fully saturated rings. The summed E-state index contributed by atoms with van der Waals surface area (Å²) in [5.41, 5.74) is 3.31. The third-order valence-electron chi connectivity index (χ3n) is 5.71. The van der Waals surface area contributed by atoms with E-state index >= 15 is 0 Å². The zero-order valence-electron chi connectivity index (χ0n) is 20.1. The summed E-state index contributed by atoms with van der Waals surface area (Å²) in [5, 5.41) is 2.22. The Bertz CT molecular complexity index is 1020. The summed E-state index contributed by atoms with van der Waals surface area (Å²) in [4.78, 5) is 4.66. The van der Waals surface area contributed by atoms with Gasteiger partial charge in [0.2, 0.25) is 0 Å². The van der Waals surface area contributed by atoms with Crippen molar-refractivity contribution in [3.8, 4) is 17.0 Å². The second-order valence-electron chi connectivity index (χ2n) is 8.52. The van der Waals surface area contributed by atoms with Gasteiger partial charge in [-0.15, -0.1) is 0 Å². The number of pyridine rings is 1. The number of allylic oxidation sites excluding steroid dienone is 1. The molecular formula is C30H37NO2. The van der Waals surface area contributed by atoms with Crippen molar-refractivity contribution in [1.82, 2.24) is 4.98 Å². The molecule has 2 aromatic carbocycles. The van der Waals surface area contributed by atoms with Gasteiger partial charge in [0.15, 0.2) is 0 Å². The maximum absolute atomic E-state index is 5.87. The van der Waals surface area contributed by atoms with E-state index in [0.29, 0.717) is 12.7 Å². The topological polar surface area (TPSA) is 31.4 Å². The zero-order chi connectivity index (χ0) is 23.3. The minimum Gasteiger partial charge on any atom is -0.490 e. The fourth-order valence-corrected chi connectivity index (χ4v) is 3.75. The molecule has 0 aliphatic carbocycles. The summed E-state index contributed by atoms with van der Waals surface area (Å²) in [5.74, 6) is 0.835. The maximum atomic E-state index is 5.87. The van der Waals surface area contributed by atoms with E-state index in [-0.39, 0.29) is 0 Å². The first kappa shape index (κ1) is 24.7. The molecule has 0 amide bonds. The molecule has 0 saturated carbocycles. The molecule has 3 nitrogen and oxygen atoms in total. The Hall–Kier alpha value is -2.91. The molecular weight excluding hydrogens is 406 g/mol. The van der Waals surface area contributed by atoms with Crippen molar-refractivity contribution < 1.29 is 9.47 Å². The Morgan fingerprint density at radius 1 is 1.00 bits per heavy atom. The third kappa shape index (κ3) is 8.18. The van der Waals surface area contributed by atoms with Gasteiger partial charge in [-0.3, -0.25) is 4.98 Å². The Morgan fingerprint density at radius 3 is 2.64 bits per heavy atom. The smallest absolute Gasteiger partial charge is 0.120 e. The van der Waals surface area contributed by atoms with E-state index in [9.17, 15) is 0 Å². The van der Waals surface area contributed by atoms with Gasteiger partial charge < -0.3 is 9.47 Å². The van der Waals surface area contributed by atoms with Crippen LogP contribution in [0.4, 0.5) is 0 Å². The molecule has 0 aliphatic heterocycles. The maximum Gasteiger partial charge on any atom is 0.120 e. The molecule has 1 atom stereocenters. The molecule has 0 radical (unpaired) electrons. The summed E-state index contributed by atoms with van der Waals surface area (Å²) in [7, 11) is 0. The molecule has 0 saturated heterocycles. The van der Waals surface area contributed by atoms with E-state index in [1.54, 1.807) is 6.08 Å². The van der Waals surface area contributed by atoms with Crippen LogP contribution >= 0.6 is 0 Å². The van der Waals surface area contributed by atoms with Crippen molar-refractivity contribution in [2.24, 2.45) is 0 Å². The Balaban J connectivity index is 1.49. The number of nitrogens with zero attached hydrogens (tertiary/aromatic N) is 1. The highest BCUT2D eigenvalue weighted by Crippen LogP contribution is 2.25. The summed E-state index contributed by atoms with van der Waals surface area (Å²) in [6, 6.07) is 16.8. The van der Waals surface area contributed by atoms with Crippen molar-refractivity contribution in [3.05, 3.63) is 79.0 Å². The quantitative estimate of drug-likeness (QED) is 0.186. The molecule has 1 aromatic heterocycles. The van der Waals surface area contributed by atoms with Crippen LogP contribution < -0.4 is 4.74 Å². The van der Waals surface area contributed by atoms with E-state index in [1.165, 1.54) is 24.8 Å². The minimum absolute atomic E-state index is 0.357. The second-order valence-corrected chi connectivity index (χ2v) is 8.52. The van der Waals surface area contributed by atoms with Crippen molar-refractivity contribution in [1.29, 1.82) is 0 Å². The minimum atomic E-state index is 0.357. The highest BCUT2D eigenvalue weighted by Gasteiger charge is 2.04. The lowest BCUT2D eigenvalue weighted by atomic mass is 10.0. The Kier molecular flexibility index (Phi) is 10.2. The van der Waals surface area contributed by atoms with Gasteiger partial charge in [0.25, 0.3) is 0 Å². The van der Waals surface area contributed by atoms with Crippen LogP contribution in [0.3, 0.4) is 0 Å². The normalized spacial score (nSPS) is 12.3. The third-order valence-corrected chi connectivity index (χ3v) is 5.71. The number of rotatable bonds is 14. The number of hydrogen-bond donors (Lipinski definition) is 0. The lowest BCUT2D eigenvalue weighted by Crippen LogP contribution is -2.08. The van der Waals surface area contributed by atoms with Gasteiger partial charge in [0, 0.05) is 23.8 Å². The SMILES string of the molecule is C=CCOc1ccc2cc(-c3ccc(C=CCCCC(C)OCCCCC)cc3)ncc2c1. The van der Waals surface area contributed by atoms with E-state index in [4.69, 9.17) is 9.47 Å².